The highest BCUT2D eigenvalue weighted by atomic mass is 16.4. The lowest BCUT2D eigenvalue weighted by atomic mass is 9.92. The van der Waals surface area contributed by atoms with E-state index in [1.165, 1.54) is 11.1 Å². The van der Waals surface area contributed by atoms with Crippen molar-refractivity contribution in [3.63, 3.8) is 0 Å². The predicted molar refractivity (Wildman–Crippen MR) is 108 cm³/mol. The lowest BCUT2D eigenvalue weighted by Gasteiger charge is -2.12. The van der Waals surface area contributed by atoms with Crippen LogP contribution in [0.4, 0.5) is 0 Å². The van der Waals surface area contributed by atoms with E-state index >= 15 is 0 Å². The zero-order valence-electron chi connectivity index (χ0n) is 15.8. The molecular formula is C24H24O4. The van der Waals surface area contributed by atoms with Gasteiger partial charge in [0, 0.05) is 29.4 Å². The minimum absolute atomic E-state index is 0.0239. The number of ketones is 1. The molecule has 0 saturated heterocycles. The van der Waals surface area contributed by atoms with Crippen molar-refractivity contribution in [2.45, 2.75) is 44.9 Å². The number of hydrogen-bond donors (Lipinski definition) is 1. The van der Waals surface area contributed by atoms with Crippen molar-refractivity contribution in [1.82, 2.24) is 0 Å². The van der Waals surface area contributed by atoms with Crippen LogP contribution in [-0.2, 0) is 24.1 Å². The number of carbonyl (C=O) groups excluding carboxylic acids is 1. The Morgan fingerprint density at radius 2 is 1.89 bits per heavy atom. The molecule has 1 aliphatic carbocycles. The monoisotopic (exact) mass is 376 g/mol. The summed E-state index contributed by atoms with van der Waals surface area (Å²) in [6, 6.07) is 15.5. The Morgan fingerprint density at radius 3 is 2.68 bits per heavy atom. The number of hydrogen-bond acceptors (Lipinski definition) is 3. The lowest BCUT2D eigenvalue weighted by molar-refractivity contribution is -0.141. The largest absolute Gasteiger partial charge is 0.481 e. The van der Waals surface area contributed by atoms with E-state index in [2.05, 4.69) is 0 Å². The topological polar surface area (TPSA) is 67.5 Å². The zero-order valence-corrected chi connectivity index (χ0v) is 15.8. The van der Waals surface area contributed by atoms with Crippen LogP contribution in [0.1, 0.15) is 52.9 Å². The smallest absolute Gasteiger partial charge is 0.306 e. The van der Waals surface area contributed by atoms with Crippen LogP contribution in [0.3, 0.4) is 0 Å². The first kappa shape index (κ1) is 18.5. The van der Waals surface area contributed by atoms with Gasteiger partial charge in [0.1, 0.15) is 11.3 Å². The summed E-state index contributed by atoms with van der Waals surface area (Å²) >= 11 is 0. The predicted octanol–water partition coefficient (Wildman–Crippen LogP) is 5.22. The number of benzene rings is 2. The van der Waals surface area contributed by atoms with Gasteiger partial charge in [0.05, 0.1) is 5.92 Å². The number of fused-ring (bicyclic) bond motifs is 3. The molecule has 1 heterocycles. The highest BCUT2D eigenvalue weighted by molar-refractivity contribution is 6.01. The van der Waals surface area contributed by atoms with Gasteiger partial charge in [-0.3, -0.25) is 9.59 Å². The molecule has 3 aromatic rings. The fourth-order valence-electron chi connectivity index (χ4n) is 4.13. The molecule has 4 heteroatoms. The molecule has 0 bridgehead atoms. The first-order valence-corrected chi connectivity index (χ1v) is 9.96. The third-order valence-corrected chi connectivity index (χ3v) is 5.67. The maximum Gasteiger partial charge on any atom is 0.306 e. The third kappa shape index (κ3) is 3.86. The van der Waals surface area contributed by atoms with Gasteiger partial charge < -0.3 is 9.52 Å². The van der Waals surface area contributed by atoms with Crippen LogP contribution in [0.5, 0.6) is 0 Å². The van der Waals surface area contributed by atoms with Gasteiger partial charge in [-0.1, -0.05) is 42.5 Å². The fraction of sp³-hybridized carbons (Fsp3) is 0.333. The Bertz CT molecular complexity index is 1000. The zero-order chi connectivity index (χ0) is 19.5. The SMILES string of the molecule is O=C(C[C@H](CCCc1ccccc1)C(=O)O)c1ccc2c3c(oc2c1)CCC3. The highest BCUT2D eigenvalue weighted by Gasteiger charge is 2.24. The second-order valence-electron chi connectivity index (χ2n) is 7.61. The summed E-state index contributed by atoms with van der Waals surface area (Å²) in [5.41, 5.74) is 3.73. The molecule has 0 aliphatic heterocycles. The second kappa shape index (κ2) is 8.01. The number of aliphatic carboxylic acids is 1. The van der Waals surface area contributed by atoms with Crippen molar-refractivity contribution >= 4 is 22.7 Å². The summed E-state index contributed by atoms with van der Waals surface area (Å²) in [5, 5.41) is 10.6. The molecule has 1 N–H and O–H groups in total. The first-order valence-electron chi connectivity index (χ1n) is 9.96. The number of carbonyl (C=O) groups is 2. The molecule has 0 spiro atoms. The minimum atomic E-state index is -0.903. The van der Waals surface area contributed by atoms with Crippen molar-refractivity contribution in [2.75, 3.05) is 0 Å². The van der Waals surface area contributed by atoms with Gasteiger partial charge in [0.2, 0.25) is 0 Å². The van der Waals surface area contributed by atoms with Crippen molar-refractivity contribution < 1.29 is 19.1 Å². The van der Waals surface area contributed by atoms with Gasteiger partial charge in [0.15, 0.2) is 5.78 Å². The average molecular weight is 376 g/mol. The van der Waals surface area contributed by atoms with Gasteiger partial charge >= 0.3 is 5.97 Å². The fourth-order valence-corrected chi connectivity index (χ4v) is 4.13. The van der Waals surface area contributed by atoms with Crippen LogP contribution in [0.15, 0.2) is 52.9 Å². The molecular weight excluding hydrogens is 352 g/mol. The molecule has 2 aromatic carbocycles. The number of carboxylic acid groups (broad SMARTS) is 1. The molecule has 28 heavy (non-hydrogen) atoms. The summed E-state index contributed by atoms with van der Waals surface area (Å²) in [6.45, 7) is 0. The molecule has 144 valence electrons. The molecule has 1 aliphatic rings. The summed E-state index contributed by atoms with van der Waals surface area (Å²) in [5.74, 6) is -0.664. The molecule has 1 atom stereocenters. The van der Waals surface area contributed by atoms with Crippen molar-refractivity contribution in [2.24, 2.45) is 5.92 Å². The first-order chi connectivity index (χ1) is 13.6. The highest BCUT2D eigenvalue weighted by Crippen LogP contribution is 2.33. The van der Waals surface area contributed by atoms with Gasteiger partial charge in [-0.25, -0.2) is 0 Å². The maximum atomic E-state index is 12.7. The van der Waals surface area contributed by atoms with E-state index in [1.54, 1.807) is 6.07 Å². The molecule has 0 radical (unpaired) electrons. The second-order valence-corrected chi connectivity index (χ2v) is 7.61. The molecule has 0 saturated carbocycles. The number of rotatable bonds is 8. The van der Waals surface area contributed by atoms with Crippen LogP contribution in [-0.4, -0.2) is 16.9 Å². The Hall–Kier alpha value is -2.88. The van der Waals surface area contributed by atoms with Crippen LogP contribution in [0.2, 0.25) is 0 Å². The van der Waals surface area contributed by atoms with Crippen LogP contribution in [0.25, 0.3) is 11.0 Å². The van der Waals surface area contributed by atoms with Gasteiger partial charge in [-0.15, -0.1) is 0 Å². The number of aryl methyl sites for hydroxylation is 3. The van der Waals surface area contributed by atoms with Crippen LogP contribution < -0.4 is 0 Å². The summed E-state index contributed by atoms with van der Waals surface area (Å²) < 4.78 is 5.90. The normalized spacial score (nSPS) is 14.1. The van der Waals surface area contributed by atoms with E-state index < -0.39 is 11.9 Å². The Balaban J connectivity index is 1.41. The molecule has 0 fully saturated rings. The lowest BCUT2D eigenvalue weighted by Crippen LogP contribution is -2.18. The van der Waals surface area contributed by atoms with E-state index in [-0.39, 0.29) is 12.2 Å². The molecule has 4 rings (SSSR count). The standard InChI is InChI=1S/C24H24O4/c25-21(14-18(24(26)27)9-4-8-16-6-2-1-3-7-16)17-12-13-20-19-10-5-11-22(19)28-23(20)15-17/h1-3,6-7,12-13,15,18H,4-5,8-11,14H2,(H,26,27)/t18-/m0/s1. The number of carboxylic acids is 1. The Labute approximate surface area is 164 Å². The van der Waals surface area contributed by atoms with E-state index in [0.717, 1.165) is 48.8 Å². The molecule has 0 amide bonds. The van der Waals surface area contributed by atoms with Crippen LogP contribution >= 0.6 is 0 Å². The quantitative estimate of drug-likeness (QED) is 0.548. The van der Waals surface area contributed by atoms with Crippen molar-refractivity contribution in [3.05, 3.63) is 71.0 Å². The number of Topliss-reactive ketones (excluding diaryl/α,β-unsaturated/α-hetero) is 1. The van der Waals surface area contributed by atoms with Crippen molar-refractivity contribution in [3.8, 4) is 0 Å². The summed E-state index contributed by atoms with van der Waals surface area (Å²) in [6.07, 6.45) is 5.19. The Kier molecular flexibility index (Phi) is 5.29. The molecule has 1 aromatic heterocycles. The van der Waals surface area contributed by atoms with Gasteiger partial charge in [-0.05, 0) is 43.7 Å². The Morgan fingerprint density at radius 1 is 1.07 bits per heavy atom. The summed E-state index contributed by atoms with van der Waals surface area (Å²) in [7, 11) is 0. The van der Waals surface area contributed by atoms with Gasteiger partial charge in [0.25, 0.3) is 0 Å². The van der Waals surface area contributed by atoms with Crippen molar-refractivity contribution in [1.29, 1.82) is 0 Å². The van der Waals surface area contributed by atoms with E-state index in [1.807, 2.05) is 42.5 Å². The molecule has 4 nitrogen and oxygen atoms in total. The van der Waals surface area contributed by atoms with Gasteiger partial charge in [-0.2, -0.15) is 0 Å². The van der Waals surface area contributed by atoms with E-state index in [4.69, 9.17) is 4.42 Å². The summed E-state index contributed by atoms with van der Waals surface area (Å²) in [4.78, 5) is 24.4. The average Bonchev–Trinajstić information content (AvgIpc) is 3.28. The van der Waals surface area contributed by atoms with Crippen LogP contribution in [0, 0.1) is 5.92 Å². The molecule has 0 unspecified atom stereocenters. The third-order valence-electron chi connectivity index (χ3n) is 5.67. The maximum absolute atomic E-state index is 12.7. The number of furan rings is 1. The minimum Gasteiger partial charge on any atom is -0.481 e. The van der Waals surface area contributed by atoms with E-state index in [9.17, 15) is 14.7 Å². The van der Waals surface area contributed by atoms with E-state index in [0.29, 0.717) is 12.0 Å².